The van der Waals surface area contributed by atoms with Crippen LogP contribution in [-0.2, 0) is 26.7 Å². The van der Waals surface area contributed by atoms with E-state index >= 15 is 0 Å². The van der Waals surface area contributed by atoms with Crippen LogP contribution in [0.2, 0.25) is 0 Å². The Morgan fingerprint density at radius 2 is 0.907 bits per heavy atom. The third-order valence-electron chi connectivity index (χ3n) is 7.26. The summed E-state index contributed by atoms with van der Waals surface area (Å²) in [4.78, 5) is 23.7. The topological polar surface area (TPSA) is 106 Å². The number of hydrogen-bond donors (Lipinski definition) is 2. The van der Waals surface area contributed by atoms with Crippen molar-refractivity contribution in [3.05, 3.63) is 131 Å². The summed E-state index contributed by atoms with van der Waals surface area (Å²) < 4.78 is 0. The van der Waals surface area contributed by atoms with Gasteiger partial charge in [-0.1, -0.05) is 84.9 Å². The normalized spacial score (nSPS) is 17.3. The molecule has 8 nitrogen and oxygen atoms in total. The molecule has 2 aliphatic rings. The van der Waals surface area contributed by atoms with E-state index in [2.05, 4.69) is 10.2 Å². The molecule has 43 heavy (non-hydrogen) atoms. The second-order valence-corrected chi connectivity index (χ2v) is 10.1. The Kier molecular flexibility index (Phi) is 10.1. The number of benzene rings is 4. The zero-order valence-electron chi connectivity index (χ0n) is 23.8. The molecule has 219 valence electrons. The number of phenolic OH excluding ortho intramolecular Hbond substituents is 2. The van der Waals surface area contributed by atoms with Crippen molar-refractivity contribution in [2.75, 3.05) is 0 Å². The second-order valence-electron chi connectivity index (χ2n) is 10.1. The fraction of sp³-hybridized carbons (Fsp3) is 0.176. The number of carbonyl (C=O) groups is 2. The molecule has 0 spiro atoms. The number of nitrogens with zero attached hydrogens (tertiary/aromatic N) is 4. The summed E-state index contributed by atoms with van der Waals surface area (Å²) in [5.41, 5.74) is 4.92. The molecule has 0 aliphatic carbocycles. The van der Waals surface area contributed by atoms with Gasteiger partial charge in [0, 0.05) is 54.9 Å². The summed E-state index contributed by atoms with van der Waals surface area (Å²) in [5.74, 6) is 0.172. The summed E-state index contributed by atoms with van der Waals surface area (Å²) in [6.45, 7) is 3.01. The zero-order chi connectivity index (χ0) is 29.6. The predicted molar refractivity (Wildman–Crippen MR) is 162 cm³/mol. The van der Waals surface area contributed by atoms with Crippen molar-refractivity contribution < 1.29 is 36.9 Å². The number of carbonyl (C=O) groups excluding carboxylic acids is 2. The van der Waals surface area contributed by atoms with Crippen molar-refractivity contribution in [2.45, 2.75) is 38.8 Å². The van der Waals surface area contributed by atoms with E-state index in [1.165, 1.54) is 23.9 Å². The van der Waals surface area contributed by atoms with Crippen LogP contribution in [0.25, 0.3) is 0 Å². The minimum Gasteiger partial charge on any atom is -0.507 e. The fourth-order valence-electron chi connectivity index (χ4n) is 5.23. The van der Waals surface area contributed by atoms with Gasteiger partial charge in [-0.2, -0.15) is 10.2 Å². The average Bonchev–Trinajstić information content (AvgIpc) is 3.65. The molecule has 4 aromatic carbocycles. The average molecular weight is 616 g/mol. The second kappa shape index (κ2) is 14.0. The van der Waals surface area contributed by atoms with Crippen LogP contribution in [-0.4, -0.2) is 43.5 Å². The van der Waals surface area contributed by atoms with E-state index in [1.54, 1.807) is 24.3 Å². The number of phenols is 2. The first kappa shape index (κ1) is 31.2. The molecule has 6 rings (SSSR count). The third-order valence-corrected chi connectivity index (χ3v) is 7.26. The number of rotatable bonds is 4. The SMILES string of the molecule is CC(=O)N1N=C(c2ccccc2O)CC1c1ccccc1.CC(=O)N1N=C(c2ccccc2O)CC1c1ccccc1.[Mn]. The predicted octanol–water partition coefficient (Wildman–Crippen LogP) is 6.18. The van der Waals surface area contributed by atoms with Crippen molar-refractivity contribution in [3.8, 4) is 11.5 Å². The number of hydrazone groups is 2. The van der Waals surface area contributed by atoms with Crippen LogP contribution in [0.15, 0.2) is 119 Å². The zero-order valence-corrected chi connectivity index (χ0v) is 25.0. The van der Waals surface area contributed by atoms with Gasteiger partial charge in [-0.3, -0.25) is 9.59 Å². The number of hydrogen-bond acceptors (Lipinski definition) is 6. The van der Waals surface area contributed by atoms with E-state index in [1.807, 2.05) is 84.9 Å². The number of amides is 2. The van der Waals surface area contributed by atoms with Gasteiger partial charge in [-0.25, -0.2) is 10.0 Å². The van der Waals surface area contributed by atoms with Gasteiger partial charge >= 0.3 is 0 Å². The summed E-state index contributed by atoms with van der Waals surface area (Å²) in [6, 6.07) is 33.6. The third kappa shape index (κ3) is 7.02. The molecule has 2 heterocycles. The van der Waals surface area contributed by atoms with E-state index in [4.69, 9.17) is 0 Å². The Morgan fingerprint density at radius 1 is 0.581 bits per heavy atom. The Morgan fingerprint density at radius 3 is 1.23 bits per heavy atom. The molecule has 2 unspecified atom stereocenters. The number of aromatic hydroxyl groups is 2. The molecule has 9 heteroatoms. The minimum atomic E-state index is -0.113. The number of para-hydroxylation sites is 2. The van der Waals surface area contributed by atoms with Gasteiger partial charge in [0.25, 0.3) is 0 Å². The van der Waals surface area contributed by atoms with E-state index in [-0.39, 0.29) is 52.5 Å². The fourth-order valence-corrected chi connectivity index (χ4v) is 5.23. The molecule has 0 aromatic heterocycles. The monoisotopic (exact) mass is 615 g/mol. The first-order chi connectivity index (χ1) is 20.3. The molecule has 0 saturated carbocycles. The maximum Gasteiger partial charge on any atom is 0.240 e. The molecular formula is C34H32MnN4O4. The molecular weight excluding hydrogens is 583 g/mol. The Labute approximate surface area is 261 Å². The van der Waals surface area contributed by atoms with Crippen LogP contribution in [0.1, 0.15) is 61.0 Å². The van der Waals surface area contributed by atoms with Gasteiger partial charge in [0.15, 0.2) is 0 Å². The van der Waals surface area contributed by atoms with E-state index in [0.29, 0.717) is 24.0 Å². The Balaban J connectivity index is 0.000000192. The molecule has 2 N–H and O–H groups in total. The molecule has 2 aliphatic heterocycles. The van der Waals surface area contributed by atoms with Gasteiger partial charge in [-0.15, -0.1) is 0 Å². The van der Waals surface area contributed by atoms with Crippen LogP contribution < -0.4 is 0 Å². The largest absolute Gasteiger partial charge is 0.507 e. The van der Waals surface area contributed by atoms with Gasteiger partial charge in [0.2, 0.25) is 11.8 Å². The van der Waals surface area contributed by atoms with Crippen LogP contribution in [0.5, 0.6) is 11.5 Å². The van der Waals surface area contributed by atoms with E-state index in [0.717, 1.165) is 22.6 Å². The van der Waals surface area contributed by atoms with Crippen molar-refractivity contribution >= 4 is 23.2 Å². The molecule has 4 aromatic rings. The van der Waals surface area contributed by atoms with Gasteiger partial charge in [-0.05, 0) is 35.4 Å². The molecule has 1 radical (unpaired) electrons. The minimum absolute atomic E-state index is 0. The Bertz CT molecular complexity index is 1520. The molecule has 2 atom stereocenters. The molecule has 2 amide bonds. The van der Waals surface area contributed by atoms with Crippen LogP contribution in [0.4, 0.5) is 0 Å². The maximum absolute atomic E-state index is 11.8. The van der Waals surface area contributed by atoms with E-state index < -0.39 is 0 Å². The first-order valence-electron chi connectivity index (χ1n) is 13.7. The first-order valence-corrected chi connectivity index (χ1v) is 13.7. The van der Waals surface area contributed by atoms with Crippen molar-refractivity contribution in [3.63, 3.8) is 0 Å². The van der Waals surface area contributed by atoms with Crippen molar-refractivity contribution in [2.24, 2.45) is 10.2 Å². The van der Waals surface area contributed by atoms with Crippen molar-refractivity contribution in [1.29, 1.82) is 0 Å². The summed E-state index contributed by atoms with van der Waals surface area (Å²) in [5, 5.41) is 31.8. The smallest absolute Gasteiger partial charge is 0.240 e. The molecule has 0 saturated heterocycles. The van der Waals surface area contributed by atoms with Gasteiger partial charge in [0.1, 0.15) is 11.5 Å². The molecule has 0 bridgehead atoms. The maximum atomic E-state index is 11.8. The van der Waals surface area contributed by atoms with Gasteiger partial charge < -0.3 is 10.2 Å². The van der Waals surface area contributed by atoms with Crippen LogP contribution >= 0.6 is 0 Å². The van der Waals surface area contributed by atoms with Gasteiger partial charge in [0.05, 0.1) is 23.5 Å². The van der Waals surface area contributed by atoms with E-state index in [9.17, 15) is 19.8 Å². The standard InChI is InChI=1S/2C17H16N2O2.Mn/c2*1-12(20)19-16(13-7-3-2-4-8-13)11-15(18-19)14-9-5-6-10-17(14)21;/h2*2-10,16,21H,11H2,1H3;. The van der Waals surface area contributed by atoms with Crippen LogP contribution in [0, 0.1) is 0 Å². The van der Waals surface area contributed by atoms with Crippen LogP contribution in [0.3, 0.4) is 0 Å². The molecule has 0 fully saturated rings. The van der Waals surface area contributed by atoms with Crippen molar-refractivity contribution in [1.82, 2.24) is 10.0 Å². The quantitative estimate of drug-likeness (QED) is 0.268. The Hall–Kier alpha value is -4.72. The summed E-state index contributed by atoms with van der Waals surface area (Å²) in [6.07, 6.45) is 1.20. The summed E-state index contributed by atoms with van der Waals surface area (Å²) in [7, 11) is 0. The summed E-state index contributed by atoms with van der Waals surface area (Å²) >= 11 is 0.